The van der Waals surface area contributed by atoms with Crippen LogP contribution < -0.4 is 0 Å². The van der Waals surface area contributed by atoms with Gasteiger partial charge in [0.2, 0.25) is 5.91 Å². The van der Waals surface area contributed by atoms with Gasteiger partial charge in [0.15, 0.2) is 0 Å². The van der Waals surface area contributed by atoms with Crippen molar-refractivity contribution in [2.45, 2.75) is 65.5 Å². The Labute approximate surface area is 109 Å². The molecule has 1 saturated carbocycles. The van der Waals surface area contributed by atoms with Crippen LogP contribution in [0, 0.1) is 11.8 Å². The topological polar surface area (TPSA) is 57.6 Å². The van der Waals surface area contributed by atoms with E-state index in [2.05, 4.69) is 0 Å². The number of carboxylic acid groups (broad SMARTS) is 1. The largest absolute Gasteiger partial charge is 0.481 e. The fourth-order valence-corrected chi connectivity index (χ4v) is 3.02. The minimum Gasteiger partial charge on any atom is -0.481 e. The van der Waals surface area contributed by atoms with E-state index in [9.17, 15) is 14.7 Å². The van der Waals surface area contributed by atoms with E-state index in [0.717, 1.165) is 12.8 Å². The van der Waals surface area contributed by atoms with Crippen molar-refractivity contribution in [2.24, 2.45) is 11.8 Å². The molecule has 2 unspecified atom stereocenters. The summed E-state index contributed by atoms with van der Waals surface area (Å²) in [5.74, 6) is -1.63. The first-order chi connectivity index (χ1) is 8.36. The zero-order valence-corrected chi connectivity index (χ0v) is 11.8. The van der Waals surface area contributed by atoms with E-state index in [1.807, 2.05) is 32.6 Å². The van der Waals surface area contributed by atoms with Crippen LogP contribution in [0.5, 0.6) is 0 Å². The Morgan fingerprint density at radius 2 is 1.44 bits per heavy atom. The van der Waals surface area contributed by atoms with Crippen molar-refractivity contribution in [2.75, 3.05) is 0 Å². The van der Waals surface area contributed by atoms with Crippen molar-refractivity contribution < 1.29 is 14.7 Å². The van der Waals surface area contributed by atoms with Gasteiger partial charge in [0.05, 0.1) is 11.8 Å². The molecular weight excluding hydrogens is 230 g/mol. The van der Waals surface area contributed by atoms with E-state index in [1.54, 1.807) is 0 Å². The lowest BCUT2D eigenvalue weighted by atomic mass is 9.78. The molecule has 1 fully saturated rings. The lowest BCUT2D eigenvalue weighted by molar-refractivity contribution is -0.154. The van der Waals surface area contributed by atoms with Gasteiger partial charge in [-0.3, -0.25) is 9.59 Å². The van der Waals surface area contributed by atoms with Crippen LogP contribution >= 0.6 is 0 Å². The summed E-state index contributed by atoms with van der Waals surface area (Å²) >= 11 is 0. The van der Waals surface area contributed by atoms with E-state index in [4.69, 9.17) is 0 Å². The monoisotopic (exact) mass is 255 g/mol. The number of rotatable bonds is 4. The van der Waals surface area contributed by atoms with Crippen molar-refractivity contribution >= 4 is 11.9 Å². The minimum absolute atomic E-state index is 0.0205. The van der Waals surface area contributed by atoms with Gasteiger partial charge in [-0.2, -0.15) is 0 Å². The molecule has 1 rings (SSSR count). The summed E-state index contributed by atoms with van der Waals surface area (Å²) in [6.07, 6.45) is 3.23. The molecule has 0 spiro atoms. The number of nitrogens with zero attached hydrogens (tertiary/aromatic N) is 1. The normalized spacial score (nSPS) is 24.3. The van der Waals surface area contributed by atoms with Gasteiger partial charge in [0.1, 0.15) is 0 Å². The average Bonchev–Trinajstić information content (AvgIpc) is 2.27. The summed E-state index contributed by atoms with van der Waals surface area (Å²) < 4.78 is 0. The third-order valence-electron chi connectivity index (χ3n) is 3.77. The van der Waals surface area contributed by atoms with Crippen molar-refractivity contribution in [3.63, 3.8) is 0 Å². The molecule has 4 nitrogen and oxygen atoms in total. The lowest BCUT2D eigenvalue weighted by Crippen LogP contribution is -2.48. The molecule has 1 amide bonds. The Kier molecular flexibility index (Phi) is 5.17. The molecule has 1 N–H and O–H groups in total. The maximum atomic E-state index is 12.6. The summed E-state index contributed by atoms with van der Waals surface area (Å²) in [4.78, 5) is 25.6. The smallest absolute Gasteiger partial charge is 0.307 e. The zero-order chi connectivity index (χ0) is 13.9. The summed E-state index contributed by atoms with van der Waals surface area (Å²) in [6.45, 7) is 7.93. The molecule has 0 radical (unpaired) electrons. The summed E-state index contributed by atoms with van der Waals surface area (Å²) in [5, 5.41) is 9.25. The van der Waals surface area contributed by atoms with Gasteiger partial charge in [-0.1, -0.05) is 12.8 Å². The van der Waals surface area contributed by atoms with Gasteiger partial charge in [0, 0.05) is 12.1 Å². The van der Waals surface area contributed by atoms with Gasteiger partial charge in [-0.15, -0.1) is 0 Å². The highest BCUT2D eigenvalue weighted by molar-refractivity contribution is 5.85. The molecular formula is C14H25NO3. The second-order valence-corrected chi connectivity index (χ2v) is 5.77. The fraction of sp³-hybridized carbons (Fsp3) is 0.857. The Bertz CT molecular complexity index is 304. The van der Waals surface area contributed by atoms with Crippen molar-refractivity contribution in [1.82, 2.24) is 4.90 Å². The molecule has 0 heterocycles. The number of carbonyl (C=O) groups excluding carboxylic acids is 1. The van der Waals surface area contributed by atoms with Gasteiger partial charge >= 0.3 is 5.97 Å². The highest BCUT2D eigenvalue weighted by atomic mass is 16.4. The second kappa shape index (κ2) is 6.21. The predicted molar refractivity (Wildman–Crippen MR) is 70.2 cm³/mol. The summed E-state index contributed by atoms with van der Waals surface area (Å²) in [7, 11) is 0. The van der Waals surface area contributed by atoms with Crippen LogP contribution in [-0.4, -0.2) is 34.0 Å². The molecule has 0 aromatic rings. The Morgan fingerprint density at radius 1 is 1.00 bits per heavy atom. The van der Waals surface area contributed by atoms with Crippen molar-refractivity contribution in [1.29, 1.82) is 0 Å². The number of carboxylic acids is 1. The number of amides is 1. The SMILES string of the molecule is CC(C)N(C(=O)C1CCCCC1C(=O)O)C(C)C. The van der Waals surface area contributed by atoms with Crippen LogP contribution in [-0.2, 0) is 9.59 Å². The third kappa shape index (κ3) is 3.24. The lowest BCUT2D eigenvalue weighted by Gasteiger charge is -2.37. The summed E-state index contributed by atoms with van der Waals surface area (Å²) in [6, 6.07) is 0.239. The molecule has 18 heavy (non-hydrogen) atoms. The number of hydrogen-bond acceptors (Lipinski definition) is 2. The second-order valence-electron chi connectivity index (χ2n) is 5.77. The average molecular weight is 255 g/mol. The highest BCUT2D eigenvalue weighted by Crippen LogP contribution is 2.32. The van der Waals surface area contributed by atoms with E-state index >= 15 is 0 Å². The van der Waals surface area contributed by atoms with Gasteiger partial charge in [0.25, 0.3) is 0 Å². The maximum absolute atomic E-state index is 12.6. The minimum atomic E-state index is -0.819. The quantitative estimate of drug-likeness (QED) is 0.839. The van der Waals surface area contributed by atoms with E-state index in [0.29, 0.717) is 12.8 Å². The third-order valence-corrected chi connectivity index (χ3v) is 3.77. The first kappa shape index (κ1) is 15.0. The van der Waals surface area contributed by atoms with Crippen LogP contribution in [0.15, 0.2) is 0 Å². The van der Waals surface area contributed by atoms with E-state index in [1.165, 1.54) is 0 Å². The van der Waals surface area contributed by atoms with Gasteiger partial charge in [-0.25, -0.2) is 0 Å². The van der Waals surface area contributed by atoms with Crippen molar-refractivity contribution in [3.8, 4) is 0 Å². The molecule has 4 heteroatoms. The van der Waals surface area contributed by atoms with Crippen LogP contribution in [0.2, 0.25) is 0 Å². The highest BCUT2D eigenvalue weighted by Gasteiger charge is 2.38. The molecule has 0 bridgehead atoms. The Balaban J connectivity index is 2.88. The number of aliphatic carboxylic acids is 1. The van der Waals surface area contributed by atoms with Crippen LogP contribution in [0.1, 0.15) is 53.4 Å². The molecule has 0 aromatic carbocycles. The van der Waals surface area contributed by atoms with E-state index in [-0.39, 0.29) is 23.9 Å². The Morgan fingerprint density at radius 3 is 1.83 bits per heavy atom. The van der Waals surface area contributed by atoms with Gasteiger partial charge < -0.3 is 10.0 Å². The molecule has 0 aromatic heterocycles. The molecule has 1 aliphatic rings. The van der Waals surface area contributed by atoms with Crippen molar-refractivity contribution in [3.05, 3.63) is 0 Å². The molecule has 0 aliphatic heterocycles. The first-order valence-corrected chi connectivity index (χ1v) is 6.91. The van der Waals surface area contributed by atoms with Gasteiger partial charge in [-0.05, 0) is 40.5 Å². The standard InChI is InChI=1S/C14H25NO3/c1-9(2)15(10(3)4)13(16)11-7-5-6-8-12(11)14(17)18/h9-12H,5-8H2,1-4H3,(H,17,18). The molecule has 104 valence electrons. The molecule has 1 aliphatic carbocycles. The van der Waals surface area contributed by atoms with E-state index < -0.39 is 11.9 Å². The first-order valence-electron chi connectivity index (χ1n) is 6.91. The molecule has 0 saturated heterocycles. The summed E-state index contributed by atoms with van der Waals surface area (Å²) in [5.41, 5.74) is 0. The number of carbonyl (C=O) groups is 2. The Hall–Kier alpha value is -1.06. The van der Waals surface area contributed by atoms with Crippen LogP contribution in [0.4, 0.5) is 0 Å². The number of hydrogen-bond donors (Lipinski definition) is 1. The predicted octanol–water partition coefficient (Wildman–Crippen LogP) is 2.52. The fourth-order valence-electron chi connectivity index (χ4n) is 3.02. The van der Waals surface area contributed by atoms with Crippen LogP contribution in [0.25, 0.3) is 0 Å². The molecule has 2 atom stereocenters. The maximum Gasteiger partial charge on any atom is 0.307 e. The zero-order valence-electron chi connectivity index (χ0n) is 11.8. The van der Waals surface area contributed by atoms with Crippen LogP contribution in [0.3, 0.4) is 0 Å².